The third kappa shape index (κ3) is 2.05. The number of hydrogen-bond donors (Lipinski definition) is 1. The molecule has 1 unspecified atom stereocenters. The smallest absolute Gasteiger partial charge is 0.119 e. The van der Waals surface area contributed by atoms with Gasteiger partial charge in [0.1, 0.15) is 5.44 Å². The van der Waals surface area contributed by atoms with Crippen molar-refractivity contribution in [2.75, 3.05) is 13.7 Å². The highest BCUT2D eigenvalue weighted by molar-refractivity contribution is 7.99. The molecule has 2 rings (SSSR count). The summed E-state index contributed by atoms with van der Waals surface area (Å²) >= 11 is 1.79. The van der Waals surface area contributed by atoms with E-state index in [-0.39, 0.29) is 5.44 Å². The van der Waals surface area contributed by atoms with Crippen LogP contribution in [-0.4, -0.2) is 19.1 Å². The first-order valence-corrected chi connectivity index (χ1v) is 5.26. The fraction of sp³-hybridized carbons (Fsp3) is 0.400. The predicted molar refractivity (Wildman–Crippen MR) is 54.8 cm³/mol. The summed E-state index contributed by atoms with van der Waals surface area (Å²) in [5, 5.41) is 3.36. The van der Waals surface area contributed by atoms with Gasteiger partial charge in [-0.3, -0.25) is 0 Å². The minimum absolute atomic E-state index is 0.239. The molecule has 1 aromatic carbocycles. The molecule has 0 fully saturated rings. The summed E-state index contributed by atoms with van der Waals surface area (Å²) in [7, 11) is 1.76. The Morgan fingerprint density at radius 1 is 1.46 bits per heavy atom. The van der Waals surface area contributed by atoms with Gasteiger partial charge in [0.25, 0.3) is 0 Å². The van der Waals surface area contributed by atoms with Crippen molar-refractivity contribution in [3.8, 4) is 0 Å². The normalized spacial score (nSPS) is 22.1. The van der Waals surface area contributed by atoms with E-state index in [0.717, 1.165) is 13.1 Å². The van der Waals surface area contributed by atoms with Gasteiger partial charge < -0.3 is 10.1 Å². The zero-order valence-electron chi connectivity index (χ0n) is 7.62. The maximum atomic E-state index is 5.33. The lowest BCUT2D eigenvalue weighted by Crippen LogP contribution is -2.22. The minimum Gasteiger partial charge on any atom is -0.369 e. The molecule has 1 heterocycles. The Bertz CT molecular complexity index is 290. The first-order chi connectivity index (χ1) is 6.40. The van der Waals surface area contributed by atoms with Crippen LogP contribution in [-0.2, 0) is 11.3 Å². The maximum absolute atomic E-state index is 5.33. The zero-order chi connectivity index (χ0) is 9.10. The number of thioether (sulfide) groups is 1. The van der Waals surface area contributed by atoms with Gasteiger partial charge in [-0.15, -0.1) is 0 Å². The molecule has 0 radical (unpaired) electrons. The van der Waals surface area contributed by atoms with Gasteiger partial charge in [0.2, 0.25) is 0 Å². The molecule has 0 amide bonds. The Hall–Kier alpha value is -0.510. The molecule has 13 heavy (non-hydrogen) atoms. The highest BCUT2D eigenvalue weighted by Gasteiger charge is 2.15. The minimum atomic E-state index is 0.239. The largest absolute Gasteiger partial charge is 0.369 e. The monoisotopic (exact) mass is 195 g/mol. The fourth-order valence-corrected chi connectivity index (χ4v) is 2.43. The van der Waals surface area contributed by atoms with Gasteiger partial charge in [-0.05, 0) is 11.6 Å². The van der Waals surface area contributed by atoms with Crippen LogP contribution in [0.5, 0.6) is 0 Å². The molecule has 3 heteroatoms. The molecule has 0 saturated carbocycles. The van der Waals surface area contributed by atoms with Crippen LogP contribution in [0.1, 0.15) is 5.56 Å². The number of hydrogen-bond acceptors (Lipinski definition) is 3. The first-order valence-electron chi connectivity index (χ1n) is 4.38. The summed E-state index contributed by atoms with van der Waals surface area (Å²) < 4.78 is 5.33. The molecule has 1 aliphatic rings. The highest BCUT2D eigenvalue weighted by atomic mass is 32.2. The lowest BCUT2D eigenvalue weighted by molar-refractivity contribution is 0.172. The van der Waals surface area contributed by atoms with Crippen molar-refractivity contribution in [1.29, 1.82) is 0 Å². The second-order valence-corrected chi connectivity index (χ2v) is 4.22. The van der Waals surface area contributed by atoms with Gasteiger partial charge in [0.15, 0.2) is 0 Å². The summed E-state index contributed by atoms with van der Waals surface area (Å²) in [6.07, 6.45) is 0. The molecule has 0 saturated heterocycles. The lowest BCUT2D eigenvalue weighted by Gasteiger charge is -2.11. The molecular formula is C10H13NOS. The molecule has 0 spiro atoms. The van der Waals surface area contributed by atoms with E-state index in [4.69, 9.17) is 4.74 Å². The van der Waals surface area contributed by atoms with Crippen molar-refractivity contribution >= 4 is 11.8 Å². The van der Waals surface area contributed by atoms with E-state index >= 15 is 0 Å². The summed E-state index contributed by atoms with van der Waals surface area (Å²) in [4.78, 5) is 1.33. The highest BCUT2D eigenvalue weighted by Crippen LogP contribution is 2.28. The van der Waals surface area contributed by atoms with Crippen molar-refractivity contribution in [1.82, 2.24) is 5.32 Å². The molecule has 0 aromatic heterocycles. The number of nitrogens with one attached hydrogen (secondary N) is 1. The van der Waals surface area contributed by atoms with Crippen LogP contribution in [0.25, 0.3) is 0 Å². The predicted octanol–water partition coefficient (Wildman–Crippen LogP) is 1.85. The Kier molecular flexibility index (Phi) is 2.88. The van der Waals surface area contributed by atoms with Crippen molar-refractivity contribution in [3.63, 3.8) is 0 Å². The molecule has 1 aliphatic heterocycles. The second kappa shape index (κ2) is 4.13. The summed E-state index contributed by atoms with van der Waals surface area (Å²) in [5.74, 6) is 0. The Morgan fingerprint density at radius 2 is 2.31 bits per heavy atom. The topological polar surface area (TPSA) is 21.3 Å². The van der Waals surface area contributed by atoms with Gasteiger partial charge >= 0.3 is 0 Å². The zero-order valence-corrected chi connectivity index (χ0v) is 8.43. The molecule has 2 nitrogen and oxygen atoms in total. The van der Waals surface area contributed by atoms with Crippen LogP contribution >= 0.6 is 11.8 Å². The van der Waals surface area contributed by atoms with Crippen molar-refractivity contribution < 1.29 is 4.74 Å². The number of ether oxygens (including phenoxy) is 1. The Labute approximate surface area is 82.7 Å². The molecular weight excluding hydrogens is 182 g/mol. The third-order valence-corrected chi connectivity index (χ3v) is 3.39. The number of methoxy groups -OCH3 is 1. The van der Waals surface area contributed by atoms with Crippen molar-refractivity contribution in [3.05, 3.63) is 29.8 Å². The number of rotatable bonds is 1. The second-order valence-electron chi connectivity index (χ2n) is 3.02. The Balaban J connectivity index is 2.23. The summed E-state index contributed by atoms with van der Waals surface area (Å²) in [6, 6.07) is 8.46. The van der Waals surface area contributed by atoms with Gasteiger partial charge in [-0.25, -0.2) is 0 Å². The van der Waals surface area contributed by atoms with Crippen LogP contribution in [0.4, 0.5) is 0 Å². The van der Waals surface area contributed by atoms with Crippen LogP contribution in [0.2, 0.25) is 0 Å². The standard InChI is InChI=1S/C10H13NOS/c1-12-10-7-11-6-8-4-2-3-5-9(8)13-10/h2-5,10-11H,6-7H2,1H3. The van der Waals surface area contributed by atoms with E-state index in [0.29, 0.717) is 0 Å². The molecule has 0 bridgehead atoms. The Morgan fingerprint density at radius 3 is 3.15 bits per heavy atom. The first kappa shape index (κ1) is 9.06. The van der Waals surface area contributed by atoms with Gasteiger partial charge in [-0.2, -0.15) is 0 Å². The molecule has 0 aliphatic carbocycles. The van der Waals surface area contributed by atoms with E-state index in [1.54, 1.807) is 18.9 Å². The average Bonchev–Trinajstić information content (AvgIpc) is 2.38. The molecule has 70 valence electrons. The van der Waals surface area contributed by atoms with Crippen LogP contribution in [0.15, 0.2) is 29.2 Å². The van der Waals surface area contributed by atoms with Crippen LogP contribution < -0.4 is 5.32 Å². The molecule has 1 N–H and O–H groups in total. The van der Waals surface area contributed by atoms with Crippen LogP contribution in [0, 0.1) is 0 Å². The van der Waals surface area contributed by atoms with E-state index in [2.05, 4.69) is 29.6 Å². The fourth-order valence-electron chi connectivity index (χ4n) is 1.40. The number of fused-ring (bicyclic) bond motifs is 1. The molecule has 1 atom stereocenters. The quantitative estimate of drug-likeness (QED) is 0.739. The van der Waals surface area contributed by atoms with Gasteiger partial charge in [-0.1, -0.05) is 30.0 Å². The van der Waals surface area contributed by atoms with E-state index in [9.17, 15) is 0 Å². The van der Waals surface area contributed by atoms with E-state index < -0.39 is 0 Å². The van der Waals surface area contributed by atoms with Crippen molar-refractivity contribution in [2.45, 2.75) is 16.9 Å². The molecule has 1 aromatic rings. The third-order valence-electron chi connectivity index (χ3n) is 2.12. The van der Waals surface area contributed by atoms with Crippen molar-refractivity contribution in [2.24, 2.45) is 0 Å². The lowest BCUT2D eigenvalue weighted by atomic mass is 10.2. The summed E-state index contributed by atoms with van der Waals surface area (Å²) in [5.41, 5.74) is 1.61. The number of benzene rings is 1. The SMILES string of the molecule is COC1CNCc2ccccc2S1. The van der Waals surface area contributed by atoms with Crippen LogP contribution in [0.3, 0.4) is 0 Å². The van der Waals surface area contributed by atoms with E-state index in [1.807, 2.05) is 0 Å². The average molecular weight is 195 g/mol. The van der Waals surface area contributed by atoms with Gasteiger partial charge in [0.05, 0.1) is 0 Å². The summed E-state index contributed by atoms with van der Waals surface area (Å²) in [6.45, 7) is 1.86. The van der Waals surface area contributed by atoms with Gasteiger partial charge in [0, 0.05) is 25.1 Å². The van der Waals surface area contributed by atoms with E-state index in [1.165, 1.54) is 10.5 Å². The maximum Gasteiger partial charge on any atom is 0.119 e.